The van der Waals surface area contributed by atoms with Gasteiger partial charge in [0.05, 0.1) is 19.1 Å². The number of hydrogen-bond donors (Lipinski definition) is 1. The van der Waals surface area contributed by atoms with Gasteiger partial charge in [-0.25, -0.2) is 4.98 Å². The van der Waals surface area contributed by atoms with E-state index in [-0.39, 0.29) is 6.42 Å². The Bertz CT molecular complexity index is 2240. The van der Waals surface area contributed by atoms with Gasteiger partial charge in [0.1, 0.15) is 17.3 Å². The zero-order valence-corrected chi connectivity index (χ0v) is 30.4. The largest absolute Gasteiger partial charge is 0.497 e. The van der Waals surface area contributed by atoms with Gasteiger partial charge in [0.25, 0.3) is 0 Å². The molecule has 7 heteroatoms. The van der Waals surface area contributed by atoms with Gasteiger partial charge in [0.15, 0.2) is 5.60 Å². The molecule has 0 aliphatic rings. The van der Waals surface area contributed by atoms with E-state index in [1.54, 1.807) is 13.2 Å². The van der Waals surface area contributed by atoms with Crippen molar-refractivity contribution in [2.24, 2.45) is 5.73 Å². The van der Waals surface area contributed by atoms with Gasteiger partial charge < -0.3 is 19.8 Å². The van der Waals surface area contributed by atoms with Gasteiger partial charge in [-0.15, -0.1) is 0 Å². The third-order valence-electron chi connectivity index (χ3n) is 9.79. The molecule has 53 heavy (non-hydrogen) atoms. The van der Waals surface area contributed by atoms with E-state index in [1.165, 1.54) is 0 Å². The van der Waals surface area contributed by atoms with Crippen LogP contribution in [0.2, 0.25) is 5.02 Å². The van der Waals surface area contributed by atoms with E-state index < -0.39 is 23.2 Å². The van der Waals surface area contributed by atoms with Crippen LogP contribution >= 0.6 is 11.6 Å². The second kappa shape index (κ2) is 15.3. The Kier molecular flexibility index (Phi) is 10.3. The number of carbonyl (C=O) groups excluding carboxylic acids is 1. The Hall–Kier alpha value is -5.95. The first-order valence-electron chi connectivity index (χ1n) is 17.5. The first-order chi connectivity index (χ1) is 25.9. The van der Waals surface area contributed by atoms with Crippen LogP contribution < -0.4 is 10.5 Å². The van der Waals surface area contributed by atoms with E-state index in [2.05, 4.69) is 41.0 Å². The number of nitrogens with zero attached hydrogens (tertiary/aromatic N) is 2. The standard InChI is InChI=1S/C46H40ClN3O3/c1-33-22-24-38(25-23-33)46(37-18-10-5-11-19-37,41-20-12-13-21-42(41)47)53-44(51)43(48)30-39-31-50(32-49-39)45(34-14-6-3-7-15-34,35-16-8-4-9-17-35)36-26-28-40(52-2)29-27-36/h3-29,31-32,43H,30,48H2,1-2H3/t43-,46?/m0/s1. The summed E-state index contributed by atoms with van der Waals surface area (Å²) in [5.74, 6) is 0.171. The quantitative estimate of drug-likeness (QED) is 0.101. The lowest BCUT2D eigenvalue weighted by Crippen LogP contribution is -2.43. The second-order valence-electron chi connectivity index (χ2n) is 13.1. The fraction of sp³-hybridized carbons (Fsp3) is 0.130. The molecule has 2 N–H and O–H groups in total. The van der Waals surface area contributed by atoms with Crippen LogP contribution in [0.25, 0.3) is 0 Å². The summed E-state index contributed by atoms with van der Waals surface area (Å²) in [4.78, 5) is 19.2. The SMILES string of the molecule is COc1ccc(C(c2ccccc2)(c2ccccc2)n2cnc(C[C@H](N)C(=O)OC(c3ccccc3)(c3ccc(C)cc3)c3ccccc3Cl)c2)cc1. The molecule has 0 saturated carbocycles. The molecule has 7 aromatic rings. The van der Waals surface area contributed by atoms with Crippen molar-refractivity contribution in [1.82, 2.24) is 9.55 Å². The van der Waals surface area contributed by atoms with Crippen molar-refractivity contribution in [3.8, 4) is 5.75 Å². The Labute approximate surface area is 315 Å². The van der Waals surface area contributed by atoms with Crippen molar-refractivity contribution in [1.29, 1.82) is 0 Å². The molecular weight excluding hydrogens is 678 g/mol. The van der Waals surface area contributed by atoms with Crippen molar-refractivity contribution >= 4 is 17.6 Å². The van der Waals surface area contributed by atoms with E-state index in [9.17, 15) is 4.79 Å². The van der Waals surface area contributed by atoms with Gasteiger partial charge in [-0.1, -0.05) is 163 Å². The number of aromatic nitrogens is 2. The number of nitrogens with two attached hydrogens (primary N) is 1. The average molecular weight is 718 g/mol. The van der Waals surface area contributed by atoms with Crippen LogP contribution in [0.15, 0.2) is 176 Å². The molecule has 264 valence electrons. The first kappa shape index (κ1) is 35.5. The highest BCUT2D eigenvalue weighted by atomic mass is 35.5. The van der Waals surface area contributed by atoms with Gasteiger partial charge in [-0.05, 0) is 41.8 Å². The number of hydrogen-bond acceptors (Lipinski definition) is 5. The summed E-state index contributed by atoms with van der Waals surface area (Å²) in [7, 11) is 1.66. The Morgan fingerprint density at radius 1 is 0.698 bits per heavy atom. The molecule has 2 atom stereocenters. The normalized spacial score (nSPS) is 13.1. The van der Waals surface area contributed by atoms with Crippen LogP contribution in [0.4, 0.5) is 0 Å². The van der Waals surface area contributed by atoms with Gasteiger partial charge in [-0.2, -0.15) is 0 Å². The summed E-state index contributed by atoms with van der Waals surface area (Å²) in [6, 6.07) is 52.7. The number of rotatable bonds is 12. The molecule has 0 aliphatic heterocycles. The number of ether oxygens (including phenoxy) is 2. The smallest absolute Gasteiger partial charge is 0.324 e. The van der Waals surface area contributed by atoms with Gasteiger partial charge in [0, 0.05) is 34.3 Å². The highest BCUT2D eigenvalue weighted by Crippen LogP contribution is 2.44. The molecule has 0 fully saturated rings. The highest BCUT2D eigenvalue weighted by molar-refractivity contribution is 6.31. The van der Waals surface area contributed by atoms with Crippen molar-refractivity contribution in [3.05, 3.63) is 226 Å². The Balaban J connectivity index is 1.29. The summed E-state index contributed by atoms with van der Waals surface area (Å²) in [5, 5.41) is 0.466. The van der Waals surface area contributed by atoms with E-state index in [0.29, 0.717) is 16.3 Å². The summed E-state index contributed by atoms with van der Waals surface area (Å²) >= 11 is 6.90. The zero-order valence-electron chi connectivity index (χ0n) is 29.6. The minimum atomic E-state index is -1.37. The minimum absolute atomic E-state index is 0.134. The molecule has 1 heterocycles. The zero-order chi connectivity index (χ0) is 36.8. The Morgan fingerprint density at radius 2 is 1.19 bits per heavy atom. The molecule has 0 saturated heterocycles. The molecule has 6 aromatic carbocycles. The molecule has 0 bridgehead atoms. The highest BCUT2D eigenvalue weighted by Gasteiger charge is 2.43. The number of methoxy groups -OCH3 is 1. The van der Waals surface area contributed by atoms with Crippen LogP contribution in [0.5, 0.6) is 5.75 Å². The van der Waals surface area contributed by atoms with Crippen molar-refractivity contribution in [2.75, 3.05) is 7.11 Å². The number of halogens is 1. The summed E-state index contributed by atoms with van der Waals surface area (Å²) in [5.41, 5.74) is 11.5. The summed E-state index contributed by atoms with van der Waals surface area (Å²) in [6.07, 6.45) is 3.91. The topological polar surface area (TPSA) is 79.4 Å². The molecular formula is C46H40ClN3O3. The molecule has 0 spiro atoms. The van der Waals surface area contributed by atoms with E-state index in [1.807, 2.05) is 141 Å². The lowest BCUT2D eigenvalue weighted by atomic mass is 9.76. The monoisotopic (exact) mass is 717 g/mol. The van der Waals surface area contributed by atoms with Crippen molar-refractivity contribution in [3.63, 3.8) is 0 Å². The fourth-order valence-electron chi connectivity index (χ4n) is 7.18. The van der Waals surface area contributed by atoms with Gasteiger partial charge in [0.2, 0.25) is 0 Å². The lowest BCUT2D eigenvalue weighted by molar-refractivity contribution is -0.155. The second-order valence-corrected chi connectivity index (χ2v) is 13.5. The number of aryl methyl sites for hydroxylation is 1. The van der Waals surface area contributed by atoms with E-state index >= 15 is 0 Å². The number of imidazole rings is 1. The van der Waals surface area contributed by atoms with Crippen LogP contribution in [0.1, 0.15) is 44.6 Å². The Morgan fingerprint density at radius 3 is 1.75 bits per heavy atom. The fourth-order valence-corrected chi connectivity index (χ4v) is 7.45. The lowest BCUT2D eigenvalue weighted by Gasteiger charge is -2.37. The van der Waals surface area contributed by atoms with Gasteiger partial charge >= 0.3 is 5.97 Å². The maximum Gasteiger partial charge on any atom is 0.324 e. The molecule has 1 unspecified atom stereocenters. The number of carbonyl (C=O) groups is 1. The van der Waals surface area contributed by atoms with Gasteiger partial charge in [-0.3, -0.25) is 4.79 Å². The molecule has 1 aromatic heterocycles. The van der Waals surface area contributed by atoms with Crippen LogP contribution in [0.3, 0.4) is 0 Å². The molecule has 0 radical (unpaired) electrons. The average Bonchev–Trinajstić information content (AvgIpc) is 3.67. The third kappa shape index (κ3) is 6.75. The van der Waals surface area contributed by atoms with Crippen LogP contribution in [0, 0.1) is 6.92 Å². The third-order valence-corrected chi connectivity index (χ3v) is 10.1. The summed E-state index contributed by atoms with van der Waals surface area (Å²) in [6.45, 7) is 2.02. The molecule has 0 aliphatic carbocycles. The maximum atomic E-state index is 14.4. The van der Waals surface area contributed by atoms with Crippen molar-refractivity contribution in [2.45, 2.75) is 30.5 Å². The molecule has 6 nitrogen and oxygen atoms in total. The van der Waals surface area contributed by atoms with E-state index in [0.717, 1.165) is 39.1 Å². The first-order valence-corrected chi connectivity index (χ1v) is 17.9. The maximum absolute atomic E-state index is 14.4. The number of esters is 1. The van der Waals surface area contributed by atoms with Crippen LogP contribution in [-0.4, -0.2) is 28.7 Å². The predicted octanol–water partition coefficient (Wildman–Crippen LogP) is 9.10. The number of benzene rings is 6. The molecule has 0 amide bonds. The van der Waals surface area contributed by atoms with Crippen molar-refractivity contribution < 1.29 is 14.3 Å². The van der Waals surface area contributed by atoms with E-state index in [4.69, 9.17) is 31.8 Å². The van der Waals surface area contributed by atoms with Crippen LogP contribution in [-0.2, 0) is 27.1 Å². The molecule has 7 rings (SSSR count). The predicted molar refractivity (Wildman–Crippen MR) is 210 cm³/mol. The summed E-state index contributed by atoms with van der Waals surface area (Å²) < 4.78 is 14.3. The minimum Gasteiger partial charge on any atom is -0.497 e.